The number of thiophene rings is 1. The molecule has 1 aliphatic carbocycles. The average Bonchev–Trinajstić information content (AvgIpc) is 3.92. The predicted molar refractivity (Wildman–Crippen MR) is 228 cm³/mol. The molecule has 1 unspecified atom stereocenters. The topological polar surface area (TPSA) is 13.1 Å². The molecule has 0 fully saturated rings. The largest absolute Gasteiger partial charge is 0.310 e. The van der Waals surface area contributed by atoms with Crippen molar-refractivity contribution in [3.05, 3.63) is 168 Å². The fourth-order valence-corrected chi connectivity index (χ4v) is 12.6. The first-order valence-corrected chi connectivity index (χ1v) is 19.8. The summed E-state index contributed by atoms with van der Waals surface area (Å²) in [6.45, 7) is 4.89. The zero-order chi connectivity index (χ0) is 35.2. The van der Waals surface area contributed by atoms with Crippen LogP contribution in [0.5, 0.6) is 0 Å². The van der Waals surface area contributed by atoms with Crippen LogP contribution in [0.4, 0.5) is 17.1 Å². The van der Waals surface area contributed by atoms with Crippen molar-refractivity contribution in [1.29, 1.82) is 0 Å². The minimum absolute atomic E-state index is 0.107. The molecule has 250 valence electrons. The van der Waals surface area contributed by atoms with E-state index in [4.69, 9.17) is 0 Å². The molecule has 10 aromatic rings. The fourth-order valence-electron chi connectivity index (χ4n) is 11.4. The summed E-state index contributed by atoms with van der Waals surface area (Å²) >= 11 is 1.94. The van der Waals surface area contributed by atoms with E-state index in [1.54, 1.807) is 0 Å². The lowest BCUT2D eigenvalue weighted by atomic mass is 9.34. The Morgan fingerprint density at radius 1 is 0.574 bits per heavy atom. The number of hydrogen-bond acceptors (Lipinski definition) is 2. The van der Waals surface area contributed by atoms with E-state index in [2.05, 4.69) is 173 Å². The summed E-state index contributed by atoms with van der Waals surface area (Å²) in [5, 5.41) is 4.07. The number of benzene rings is 7. The highest BCUT2D eigenvalue weighted by molar-refractivity contribution is 7.26. The number of nitrogens with zero attached hydrogens (tertiary/aromatic N) is 3. The number of rotatable bonds is 1. The van der Waals surface area contributed by atoms with Crippen LogP contribution in [-0.4, -0.2) is 15.8 Å². The Bertz CT molecular complexity index is 3380. The van der Waals surface area contributed by atoms with Gasteiger partial charge < -0.3 is 14.0 Å². The summed E-state index contributed by atoms with van der Waals surface area (Å²) in [6, 6.07) is 55.3. The SMILES string of the molecule is Cc1cc2c3c(c1)-n1c4c(cccc4c4sc5ccccc5c41)B3c1ccc3c4c5c(n-2c14)-c1ccccc1C5(C)c1ccccc1N3c1ccccc1. The number of anilines is 3. The average molecular weight is 704 g/mol. The highest BCUT2D eigenvalue weighted by Crippen LogP contribution is 2.62. The molecule has 4 aliphatic rings. The Balaban J connectivity index is 1.21. The molecule has 3 aromatic heterocycles. The van der Waals surface area contributed by atoms with Crippen molar-refractivity contribution in [2.45, 2.75) is 19.3 Å². The van der Waals surface area contributed by atoms with Gasteiger partial charge in [0.2, 0.25) is 0 Å². The Kier molecular flexibility index (Phi) is 4.84. The quantitative estimate of drug-likeness (QED) is 0.155. The molecule has 54 heavy (non-hydrogen) atoms. The molecular formula is C49H30BN3S. The molecule has 0 saturated carbocycles. The van der Waals surface area contributed by atoms with Crippen molar-refractivity contribution in [1.82, 2.24) is 9.13 Å². The van der Waals surface area contributed by atoms with Gasteiger partial charge in [0.1, 0.15) is 0 Å². The summed E-state index contributed by atoms with van der Waals surface area (Å²) in [6.07, 6.45) is 0. The van der Waals surface area contributed by atoms with E-state index in [1.807, 2.05) is 11.3 Å². The summed E-state index contributed by atoms with van der Waals surface area (Å²) in [4.78, 5) is 2.54. The monoisotopic (exact) mass is 703 g/mol. The van der Waals surface area contributed by atoms with Crippen LogP contribution >= 0.6 is 11.3 Å². The molecule has 5 heteroatoms. The highest BCUT2D eigenvalue weighted by Gasteiger charge is 2.52. The van der Waals surface area contributed by atoms with Crippen molar-refractivity contribution in [2.24, 2.45) is 0 Å². The van der Waals surface area contributed by atoms with E-state index in [0.717, 1.165) is 0 Å². The maximum absolute atomic E-state index is 2.70. The van der Waals surface area contributed by atoms with Crippen LogP contribution < -0.4 is 21.3 Å². The molecule has 0 saturated heterocycles. The molecule has 0 N–H and O–H groups in total. The first-order chi connectivity index (χ1) is 26.6. The van der Waals surface area contributed by atoms with Gasteiger partial charge in [0.15, 0.2) is 0 Å². The fraction of sp³-hybridized carbons (Fsp3) is 0.0612. The van der Waals surface area contributed by atoms with Gasteiger partial charge in [-0.05, 0) is 89.4 Å². The maximum Gasteiger partial charge on any atom is 0.252 e. The summed E-state index contributed by atoms with van der Waals surface area (Å²) < 4.78 is 8.06. The van der Waals surface area contributed by atoms with Gasteiger partial charge in [0.25, 0.3) is 6.71 Å². The summed E-state index contributed by atoms with van der Waals surface area (Å²) in [5.41, 5.74) is 22.3. The van der Waals surface area contributed by atoms with Crippen LogP contribution in [-0.2, 0) is 5.41 Å². The molecular weight excluding hydrogens is 673 g/mol. The van der Waals surface area contributed by atoms with Gasteiger partial charge in [-0.1, -0.05) is 103 Å². The van der Waals surface area contributed by atoms with Crippen molar-refractivity contribution in [2.75, 3.05) is 4.90 Å². The van der Waals surface area contributed by atoms with Gasteiger partial charge in [-0.15, -0.1) is 11.3 Å². The molecule has 0 radical (unpaired) electrons. The van der Waals surface area contributed by atoms with Crippen molar-refractivity contribution >= 4 is 93.6 Å². The van der Waals surface area contributed by atoms with Crippen molar-refractivity contribution < 1.29 is 0 Å². The maximum atomic E-state index is 2.70. The van der Waals surface area contributed by atoms with E-state index in [9.17, 15) is 0 Å². The molecule has 0 spiro atoms. The minimum Gasteiger partial charge on any atom is -0.310 e. The Morgan fingerprint density at radius 3 is 2.19 bits per heavy atom. The van der Waals surface area contributed by atoms with Crippen LogP contribution in [0, 0.1) is 6.92 Å². The van der Waals surface area contributed by atoms with Crippen LogP contribution in [0.3, 0.4) is 0 Å². The van der Waals surface area contributed by atoms with Gasteiger partial charge in [0, 0.05) is 54.5 Å². The number of hydrogen-bond donors (Lipinski definition) is 0. The second-order valence-electron chi connectivity index (χ2n) is 15.8. The van der Waals surface area contributed by atoms with Gasteiger partial charge in [0.05, 0.1) is 38.3 Å². The van der Waals surface area contributed by atoms with Crippen LogP contribution in [0.1, 0.15) is 29.2 Å². The lowest BCUT2D eigenvalue weighted by molar-refractivity contribution is 0.723. The lowest BCUT2D eigenvalue weighted by Gasteiger charge is -2.35. The van der Waals surface area contributed by atoms with Gasteiger partial charge >= 0.3 is 0 Å². The molecule has 1 atom stereocenters. The van der Waals surface area contributed by atoms with E-state index < -0.39 is 0 Å². The van der Waals surface area contributed by atoms with Crippen LogP contribution in [0.25, 0.3) is 64.7 Å². The second kappa shape index (κ2) is 9.25. The third-order valence-corrected chi connectivity index (χ3v) is 14.5. The molecule has 3 aliphatic heterocycles. The minimum atomic E-state index is -0.358. The summed E-state index contributed by atoms with van der Waals surface area (Å²) in [5.74, 6) is 0. The highest BCUT2D eigenvalue weighted by atomic mass is 32.1. The zero-order valence-electron chi connectivity index (χ0n) is 29.7. The standard InChI is InChI=1S/C49H30BN3S/c1-27-25-38-43-39(26-27)53-45-29-15-6-8-18-32(29)49(2)33-19-9-10-21-36(33)51(28-13-4-3-5-14-28)37-24-23-35(47(53)41(37)42(45)49)50(43)34-20-12-17-31-44(34)52(38)46-30-16-7-11-22-40(30)54-48(31)46/h3-26H,1-2H3. The molecule has 14 rings (SSSR count). The van der Waals surface area contributed by atoms with E-state index in [0.29, 0.717) is 0 Å². The second-order valence-corrected chi connectivity index (χ2v) is 16.9. The molecule has 3 nitrogen and oxygen atoms in total. The van der Waals surface area contributed by atoms with Gasteiger partial charge in [-0.3, -0.25) is 0 Å². The van der Waals surface area contributed by atoms with Crippen molar-refractivity contribution in [3.63, 3.8) is 0 Å². The van der Waals surface area contributed by atoms with Crippen LogP contribution in [0.15, 0.2) is 146 Å². The number of aromatic nitrogens is 2. The molecule has 0 bridgehead atoms. The van der Waals surface area contributed by atoms with Gasteiger partial charge in [-0.2, -0.15) is 0 Å². The third-order valence-electron chi connectivity index (χ3n) is 13.3. The Hall–Kier alpha value is -6.30. The lowest BCUT2D eigenvalue weighted by Crippen LogP contribution is -2.59. The van der Waals surface area contributed by atoms with Gasteiger partial charge in [-0.25, -0.2) is 0 Å². The smallest absolute Gasteiger partial charge is 0.252 e. The molecule has 7 aromatic carbocycles. The Labute approximate surface area is 316 Å². The number of aryl methyl sites for hydroxylation is 1. The first kappa shape index (κ1) is 28.2. The Morgan fingerprint density at radius 2 is 1.30 bits per heavy atom. The number of para-hydroxylation sites is 3. The van der Waals surface area contributed by atoms with Crippen molar-refractivity contribution in [3.8, 4) is 22.6 Å². The first-order valence-electron chi connectivity index (χ1n) is 19.0. The summed E-state index contributed by atoms with van der Waals surface area (Å²) in [7, 11) is 0. The van der Waals surface area contributed by atoms with E-state index in [1.165, 1.54) is 120 Å². The zero-order valence-corrected chi connectivity index (χ0v) is 30.5. The van der Waals surface area contributed by atoms with E-state index in [-0.39, 0.29) is 12.1 Å². The molecule has 6 heterocycles. The van der Waals surface area contributed by atoms with Crippen LogP contribution in [0.2, 0.25) is 0 Å². The third kappa shape index (κ3) is 2.96. The number of fused-ring (bicyclic) bond motifs is 15. The molecule has 0 amide bonds. The predicted octanol–water partition coefficient (Wildman–Crippen LogP) is 10.5. The normalized spacial score (nSPS) is 16.7. The van der Waals surface area contributed by atoms with E-state index >= 15 is 0 Å².